The molecule has 0 saturated carbocycles. The van der Waals surface area contributed by atoms with Crippen LogP contribution in [0.3, 0.4) is 0 Å². The second kappa shape index (κ2) is 10.3. The molecule has 1 atom stereocenters. The van der Waals surface area contributed by atoms with Crippen molar-refractivity contribution in [3.8, 4) is 11.5 Å². The predicted octanol–water partition coefficient (Wildman–Crippen LogP) is 4.55. The maximum absolute atomic E-state index is 12.2. The highest BCUT2D eigenvalue weighted by atomic mass is 16.5. The number of carbonyl (C=O) groups is 2. The quantitative estimate of drug-likeness (QED) is 0.480. The maximum atomic E-state index is 12.2. The van der Waals surface area contributed by atoms with Crippen LogP contribution in [0, 0.1) is 6.92 Å². The van der Waals surface area contributed by atoms with Gasteiger partial charge in [-0.05, 0) is 43.5 Å². The summed E-state index contributed by atoms with van der Waals surface area (Å²) in [5.41, 5.74) is 3.08. The Hall–Kier alpha value is -3.74. The molecular weight excluding hydrogens is 396 g/mol. The molecule has 0 aliphatic rings. The molecule has 0 saturated heterocycles. The van der Waals surface area contributed by atoms with Gasteiger partial charge in [-0.3, -0.25) is 9.59 Å². The average Bonchev–Trinajstić information content (AvgIpc) is 2.76. The minimum Gasteiger partial charge on any atom is -0.489 e. The summed E-state index contributed by atoms with van der Waals surface area (Å²) in [4.78, 5) is 31.3. The lowest BCUT2D eigenvalue weighted by molar-refractivity contribution is -0.137. The molecule has 3 rings (SSSR count). The molecular formula is C24H24N2O5. The zero-order valence-electron chi connectivity index (χ0n) is 17.4. The Kier molecular flexibility index (Phi) is 7.32. The Morgan fingerprint density at radius 3 is 2.52 bits per heavy atom. The number of aryl methyl sites for hydroxylation is 1. The second-order valence-electron chi connectivity index (χ2n) is 7.15. The number of carboxylic acid groups (broad SMARTS) is 1. The Morgan fingerprint density at radius 1 is 1.10 bits per heavy atom. The number of Topliss-reactive ketones (excluding diaryl/α,β-unsaturated/α-hetero) is 1. The van der Waals surface area contributed by atoms with Gasteiger partial charge in [0.25, 0.3) is 0 Å². The Labute approximate surface area is 180 Å². The fraction of sp³-hybridized carbons (Fsp3) is 0.250. The molecule has 2 aromatic carbocycles. The van der Waals surface area contributed by atoms with E-state index in [9.17, 15) is 9.59 Å². The molecule has 0 amide bonds. The van der Waals surface area contributed by atoms with Gasteiger partial charge >= 0.3 is 5.97 Å². The summed E-state index contributed by atoms with van der Waals surface area (Å²) in [7, 11) is 0. The first-order valence-corrected chi connectivity index (χ1v) is 9.89. The number of rotatable bonds is 10. The van der Waals surface area contributed by atoms with Crippen LogP contribution in [0.2, 0.25) is 0 Å². The highest BCUT2D eigenvalue weighted by Gasteiger charge is 2.20. The minimum absolute atomic E-state index is 0.0569. The van der Waals surface area contributed by atoms with Gasteiger partial charge in [0.2, 0.25) is 0 Å². The normalized spacial score (nSPS) is 11.5. The number of hydrogen-bond donors (Lipinski definition) is 1. The molecule has 1 heterocycles. The van der Waals surface area contributed by atoms with Crippen molar-refractivity contribution >= 4 is 11.8 Å². The number of carbonyl (C=O) groups excluding carboxylic acids is 1. The summed E-state index contributed by atoms with van der Waals surface area (Å²) < 4.78 is 12.0. The van der Waals surface area contributed by atoms with E-state index in [1.807, 2.05) is 31.2 Å². The summed E-state index contributed by atoms with van der Waals surface area (Å²) in [6, 6.07) is 12.7. The molecule has 7 nitrogen and oxygen atoms in total. The van der Waals surface area contributed by atoms with E-state index in [0.717, 1.165) is 16.7 Å². The molecule has 0 radical (unpaired) electrons. The molecule has 0 bridgehead atoms. The lowest BCUT2D eigenvalue weighted by atomic mass is 9.99. The van der Waals surface area contributed by atoms with Gasteiger partial charge in [0.1, 0.15) is 30.5 Å². The van der Waals surface area contributed by atoms with Crippen LogP contribution in [0.15, 0.2) is 61.2 Å². The van der Waals surface area contributed by atoms with Crippen LogP contribution in [0.25, 0.3) is 0 Å². The van der Waals surface area contributed by atoms with E-state index in [1.54, 1.807) is 30.6 Å². The van der Waals surface area contributed by atoms with Gasteiger partial charge in [0, 0.05) is 30.4 Å². The van der Waals surface area contributed by atoms with Crippen molar-refractivity contribution in [2.75, 3.05) is 0 Å². The van der Waals surface area contributed by atoms with Crippen LogP contribution in [0.1, 0.15) is 52.9 Å². The van der Waals surface area contributed by atoms with E-state index < -0.39 is 12.1 Å². The smallest absolute Gasteiger partial charge is 0.303 e. The topological polar surface area (TPSA) is 98.6 Å². The highest BCUT2D eigenvalue weighted by molar-refractivity contribution is 5.97. The predicted molar refractivity (Wildman–Crippen MR) is 114 cm³/mol. The van der Waals surface area contributed by atoms with E-state index in [1.165, 1.54) is 13.3 Å². The third-order valence-corrected chi connectivity index (χ3v) is 4.78. The monoisotopic (exact) mass is 420 g/mol. The van der Waals surface area contributed by atoms with Crippen LogP contribution in [0.4, 0.5) is 0 Å². The SMILES string of the molecule is CC(=O)c1ccc(OCc2cncnc2)cc1O[C@@H](CCC(=O)O)c1ccccc1C. The Bertz CT molecular complexity index is 1050. The fourth-order valence-corrected chi connectivity index (χ4v) is 3.19. The van der Waals surface area contributed by atoms with Gasteiger partial charge in [0.15, 0.2) is 5.78 Å². The number of benzene rings is 2. The van der Waals surface area contributed by atoms with Crippen molar-refractivity contribution in [3.63, 3.8) is 0 Å². The van der Waals surface area contributed by atoms with Crippen molar-refractivity contribution in [2.24, 2.45) is 0 Å². The summed E-state index contributed by atoms with van der Waals surface area (Å²) in [6.45, 7) is 3.67. The molecule has 1 N–H and O–H groups in total. The van der Waals surface area contributed by atoms with Gasteiger partial charge < -0.3 is 14.6 Å². The lowest BCUT2D eigenvalue weighted by Gasteiger charge is -2.22. The summed E-state index contributed by atoms with van der Waals surface area (Å²) in [5, 5.41) is 9.17. The van der Waals surface area contributed by atoms with E-state index in [-0.39, 0.29) is 25.2 Å². The highest BCUT2D eigenvalue weighted by Crippen LogP contribution is 2.33. The third kappa shape index (κ3) is 6.12. The Morgan fingerprint density at radius 2 is 1.84 bits per heavy atom. The summed E-state index contributed by atoms with van der Waals surface area (Å²) >= 11 is 0. The molecule has 3 aromatic rings. The third-order valence-electron chi connectivity index (χ3n) is 4.78. The van der Waals surface area contributed by atoms with Crippen LogP contribution < -0.4 is 9.47 Å². The first-order chi connectivity index (χ1) is 14.9. The van der Waals surface area contributed by atoms with Crippen molar-refractivity contribution in [2.45, 2.75) is 39.4 Å². The number of nitrogens with zero attached hydrogens (tertiary/aromatic N) is 2. The molecule has 0 unspecified atom stereocenters. The maximum Gasteiger partial charge on any atom is 0.303 e. The standard InChI is InChI=1S/C24H24N2O5/c1-16-5-3-4-6-20(16)22(9-10-24(28)29)31-23-11-19(7-8-21(23)17(2)27)30-14-18-12-25-15-26-13-18/h3-8,11-13,15,22H,9-10,14H2,1-2H3,(H,28,29)/t22-/m0/s1. The number of carboxylic acids is 1. The zero-order valence-corrected chi connectivity index (χ0v) is 17.4. The van der Waals surface area contributed by atoms with Crippen LogP contribution >= 0.6 is 0 Å². The fourth-order valence-electron chi connectivity index (χ4n) is 3.19. The van der Waals surface area contributed by atoms with Crippen molar-refractivity contribution in [1.29, 1.82) is 0 Å². The van der Waals surface area contributed by atoms with Crippen LogP contribution in [-0.2, 0) is 11.4 Å². The van der Waals surface area contributed by atoms with Gasteiger partial charge in [-0.2, -0.15) is 0 Å². The molecule has 160 valence electrons. The molecule has 0 fully saturated rings. The van der Waals surface area contributed by atoms with E-state index in [4.69, 9.17) is 14.6 Å². The first-order valence-electron chi connectivity index (χ1n) is 9.89. The summed E-state index contributed by atoms with van der Waals surface area (Å²) in [5.74, 6) is -0.186. The average molecular weight is 420 g/mol. The zero-order chi connectivity index (χ0) is 22.2. The largest absolute Gasteiger partial charge is 0.489 e. The molecule has 0 aliphatic heterocycles. The molecule has 0 spiro atoms. The molecule has 7 heteroatoms. The number of ketones is 1. The van der Waals surface area contributed by atoms with Gasteiger partial charge in [-0.25, -0.2) is 9.97 Å². The molecule has 0 aliphatic carbocycles. The Balaban J connectivity index is 1.88. The van der Waals surface area contributed by atoms with Crippen molar-refractivity contribution in [3.05, 3.63) is 83.4 Å². The van der Waals surface area contributed by atoms with Crippen molar-refractivity contribution in [1.82, 2.24) is 9.97 Å². The number of aliphatic carboxylic acids is 1. The molecule has 1 aromatic heterocycles. The number of ether oxygens (including phenoxy) is 2. The summed E-state index contributed by atoms with van der Waals surface area (Å²) in [6.07, 6.45) is 4.46. The van der Waals surface area contributed by atoms with Gasteiger partial charge in [-0.15, -0.1) is 0 Å². The first kappa shape index (κ1) is 22.0. The van der Waals surface area contributed by atoms with Gasteiger partial charge in [0.05, 0.1) is 5.56 Å². The van der Waals surface area contributed by atoms with Gasteiger partial charge in [-0.1, -0.05) is 24.3 Å². The number of aromatic nitrogens is 2. The lowest BCUT2D eigenvalue weighted by Crippen LogP contribution is -2.13. The van der Waals surface area contributed by atoms with E-state index in [2.05, 4.69) is 9.97 Å². The van der Waals surface area contributed by atoms with E-state index in [0.29, 0.717) is 17.1 Å². The van der Waals surface area contributed by atoms with Crippen LogP contribution in [-0.4, -0.2) is 26.8 Å². The van der Waals surface area contributed by atoms with Crippen molar-refractivity contribution < 1.29 is 24.2 Å². The van der Waals surface area contributed by atoms with Crippen LogP contribution in [0.5, 0.6) is 11.5 Å². The minimum atomic E-state index is -0.906. The van der Waals surface area contributed by atoms with E-state index >= 15 is 0 Å². The molecule has 31 heavy (non-hydrogen) atoms. The number of hydrogen-bond acceptors (Lipinski definition) is 6. The second-order valence-corrected chi connectivity index (χ2v) is 7.15.